The van der Waals surface area contributed by atoms with Gasteiger partial charge in [0, 0.05) is 11.8 Å². The molecule has 1 amide bonds. The first-order chi connectivity index (χ1) is 13.9. The fourth-order valence-electron chi connectivity index (χ4n) is 2.20. The van der Waals surface area contributed by atoms with Gasteiger partial charge in [-0.05, 0) is 48.0 Å². The summed E-state index contributed by atoms with van der Waals surface area (Å²) >= 11 is 0. The van der Waals surface area contributed by atoms with Crippen molar-refractivity contribution in [1.29, 1.82) is 0 Å². The highest BCUT2D eigenvalue weighted by Crippen LogP contribution is 2.28. The van der Waals surface area contributed by atoms with Gasteiger partial charge in [0.25, 0.3) is 5.91 Å². The summed E-state index contributed by atoms with van der Waals surface area (Å²) in [6.45, 7) is -3.22. The fraction of sp³-hybridized carbons (Fsp3) is 0.200. The van der Waals surface area contributed by atoms with Crippen molar-refractivity contribution in [2.24, 2.45) is 0 Å². The van der Waals surface area contributed by atoms with Crippen molar-refractivity contribution in [3.8, 4) is 17.2 Å². The molecule has 9 heteroatoms. The summed E-state index contributed by atoms with van der Waals surface area (Å²) in [4.78, 5) is 23.2. The second kappa shape index (κ2) is 10.6. The number of rotatable bonds is 9. The topological polar surface area (TPSA) is 83.1 Å². The number of nitrogens with one attached hydrogen (secondary N) is 1. The molecule has 0 saturated heterocycles. The SMILES string of the molecule is COC(=O)/C=C/c1ccc(OCC(=O)Nc2ccc(OC(F)F)cc2)c(OC)c1. The van der Waals surface area contributed by atoms with Crippen LogP contribution in [-0.4, -0.2) is 39.3 Å². The van der Waals surface area contributed by atoms with Crippen LogP contribution < -0.4 is 19.5 Å². The quantitative estimate of drug-likeness (QED) is 0.506. The van der Waals surface area contributed by atoms with Crippen LogP contribution in [0.3, 0.4) is 0 Å². The number of halogens is 2. The van der Waals surface area contributed by atoms with Gasteiger partial charge in [0.05, 0.1) is 14.2 Å². The van der Waals surface area contributed by atoms with Gasteiger partial charge in [-0.1, -0.05) is 6.07 Å². The van der Waals surface area contributed by atoms with E-state index in [0.717, 1.165) is 0 Å². The summed E-state index contributed by atoms with van der Waals surface area (Å²) in [7, 11) is 2.72. The molecule has 0 aliphatic rings. The third-order valence-corrected chi connectivity index (χ3v) is 3.52. The number of hydrogen-bond donors (Lipinski definition) is 1. The Morgan fingerprint density at radius 2 is 1.79 bits per heavy atom. The number of amides is 1. The Labute approximate surface area is 165 Å². The van der Waals surface area contributed by atoms with Crippen LogP contribution in [0, 0.1) is 0 Å². The highest BCUT2D eigenvalue weighted by molar-refractivity contribution is 5.92. The van der Waals surface area contributed by atoms with Gasteiger partial charge in [0.1, 0.15) is 5.75 Å². The van der Waals surface area contributed by atoms with E-state index in [4.69, 9.17) is 9.47 Å². The van der Waals surface area contributed by atoms with Gasteiger partial charge in [-0.15, -0.1) is 0 Å². The van der Waals surface area contributed by atoms with Crippen molar-refractivity contribution in [3.05, 3.63) is 54.1 Å². The molecule has 0 fully saturated rings. The van der Waals surface area contributed by atoms with Crippen LogP contribution in [0.2, 0.25) is 0 Å². The molecule has 0 unspecified atom stereocenters. The number of esters is 1. The second-order valence-electron chi connectivity index (χ2n) is 5.51. The normalized spacial score (nSPS) is 10.7. The predicted molar refractivity (Wildman–Crippen MR) is 101 cm³/mol. The lowest BCUT2D eigenvalue weighted by molar-refractivity contribution is -0.134. The van der Waals surface area contributed by atoms with Crippen LogP contribution in [0.5, 0.6) is 17.2 Å². The Hall–Kier alpha value is -3.62. The molecular formula is C20H19F2NO6. The van der Waals surface area contributed by atoms with E-state index < -0.39 is 18.5 Å². The van der Waals surface area contributed by atoms with Gasteiger partial charge in [-0.2, -0.15) is 8.78 Å². The van der Waals surface area contributed by atoms with Crippen molar-refractivity contribution >= 4 is 23.6 Å². The van der Waals surface area contributed by atoms with Gasteiger partial charge in [-0.25, -0.2) is 4.79 Å². The zero-order valence-corrected chi connectivity index (χ0v) is 15.7. The molecule has 0 bridgehead atoms. The van der Waals surface area contributed by atoms with Crippen LogP contribution in [0.1, 0.15) is 5.56 Å². The van der Waals surface area contributed by atoms with Crippen molar-refractivity contribution in [2.75, 3.05) is 26.1 Å². The maximum Gasteiger partial charge on any atom is 0.387 e. The molecule has 2 aromatic carbocycles. The van der Waals surface area contributed by atoms with E-state index in [1.807, 2.05) is 0 Å². The third kappa shape index (κ3) is 7.13. The summed E-state index contributed by atoms with van der Waals surface area (Å²) in [6, 6.07) is 10.4. The summed E-state index contributed by atoms with van der Waals surface area (Å²) in [5.74, 6) is -0.254. The number of ether oxygens (including phenoxy) is 4. The second-order valence-corrected chi connectivity index (χ2v) is 5.51. The molecule has 2 aromatic rings. The lowest BCUT2D eigenvalue weighted by Crippen LogP contribution is -2.20. The van der Waals surface area contributed by atoms with Crippen LogP contribution in [0.25, 0.3) is 6.08 Å². The predicted octanol–water partition coefficient (Wildman–Crippen LogP) is 3.50. The third-order valence-electron chi connectivity index (χ3n) is 3.52. The Bertz CT molecular complexity index is 868. The maximum absolute atomic E-state index is 12.1. The maximum atomic E-state index is 12.1. The largest absolute Gasteiger partial charge is 0.493 e. The van der Waals surface area contributed by atoms with Crippen molar-refractivity contribution in [1.82, 2.24) is 0 Å². The van der Waals surface area contributed by atoms with Gasteiger partial charge in [-0.3, -0.25) is 4.79 Å². The smallest absolute Gasteiger partial charge is 0.387 e. The summed E-state index contributed by atoms with van der Waals surface area (Å²) in [5.41, 5.74) is 1.07. The molecule has 0 aliphatic carbocycles. The molecule has 29 heavy (non-hydrogen) atoms. The zero-order valence-electron chi connectivity index (χ0n) is 15.7. The lowest BCUT2D eigenvalue weighted by Gasteiger charge is -2.12. The molecule has 0 heterocycles. The van der Waals surface area contributed by atoms with Crippen molar-refractivity contribution in [3.63, 3.8) is 0 Å². The Balaban J connectivity index is 1.93. The molecule has 0 aromatic heterocycles. The number of hydrogen-bond acceptors (Lipinski definition) is 6. The van der Waals surface area contributed by atoms with Crippen LogP contribution in [0.15, 0.2) is 48.5 Å². The first-order valence-corrected chi connectivity index (χ1v) is 8.33. The average Bonchev–Trinajstić information content (AvgIpc) is 2.71. The lowest BCUT2D eigenvalue weighted by atomic mass is 10.2. The minimum Gasteiger partial charge on any atom is -0.493 e. The van der Waals surface area contributed by atoms with Gasteiger partial charge in [0.2, 0.25) is 0 Å². The molecule has 0 aliphatic heterocycles. The molecule has 2 rings (SSSR count). The molecule has 0 radical (unpaired) electrons. The highest BCUT2D eigenvalue weighted by atomic mass is 19.3. The van der Waals surface area contributed by atoms with E-state index in [0.29, 0.717) is 22.7 Å². The summed E-state index contributed by atoms with van der Waals surface area (Å²) in [5, 5.41) is 2.57. The Morgan fingerprint density at radius 3 is 2.41 bits per heavy atom. The van der Waals surface area contributed by atoms with Crippen LogP contribution >= 0.6 is 0 Å². The number of methoxy groups -OCH3 is 2. The number of carbonyl (C=O) groups excluding carboxylic acids is 2. The van der Waals surface area contributed by atoms with E-state index in [1.165, 1.54) is 44.6 Å². The van der Waals surface area contributed by atoms with Gasteiger partial charge >= 0.3 is 12.6 Å². The number of benzene rings is 2. The van der Waals surface area contributed by atoms with Gasteiger partial charge < -0.3 is 24.3 Å². The monoisotopic (exact) mass is 407 g/mol. The molecule has 0 atom stereocenters. The van der Waals surface area contributed by atoms with Gasteiger partial charge in [0.15, 0.2) is 18.1 Å². The van der Waals surface area contributed by atoms with E-state index >= 15 is 0 Å². The molecule has 1 N–H and O–H groups in total. The number of anilines is 1. The zero-order chi connectivity index (χ0) is 21.2. The minimum absolute atomic E-state index is 0.0136. The van der Waals surface area contributed by atoms with E-state index in [1.54, 1.807) is 24.3 Å². The molecule has 0 saturated carbocycles. The fourth-order valence-corrected chi connectivity index (χ4v) is 2.20. The minimum atomic E-state index is -2.92. The van der Waals surface area contributed by atoms with E-state index in [-0.39, 0.29) is 12.4 Å². The summed E-state index contributed by atoms with van der Waals surface area (Å²) in [6.07, 6.45) is 2.81. The highest BCUT2D eigenvalue weighted by Gasteiger charge is 2.10. The Morgan fingerprint density at radius 1 is 1.07 bits per heavy atom. The number of carbonyl (C=O) groups is 2. The Kier molecular flexibility index (Phi) is 7.96. The van der Waals surface area contributed by atoms with Crippen LogP contribution in [0.4, 0.5) is 14.5 Å². The molecule has 7 nitrogen and oxygen atoms in total. The van der Waals surface area contributed by atoms with E-state index in [2.05, 4.69) is 14.8 Å². The van der Waals surface area contributed by atoms with Crippen molar-refractivity contribution in [2.45, 2.75) is 6.61 Å². The van der Waals surface area contributed by atoms with Crippen molar-refractivity contribution < 1.29 is 37.3 Å². The average molecular weight is 407 g/mol. The standard InChI is InChI=1S/C20H19F2NO6/c1-26-17-11-13(4-10-19(25)27-2)3-9-16(17)28-12-18(24)23-14-5-7-15(8-6-14)29-20(21)22/h3-11,20H,12H2,1-2H3,(H,23,24)/b10-4+. The van der Waals surface area contributed by atoms with Crippen LogP contribution in [-0.2, 0) is 14.3 Å². The summed E-state index contributed by atoms with van der Waals surface area (Å²) < 4.78 is 43.7. The first-order valence-electron chi connectivity index (χ1n) is 8.33. The molecule has 154 valence electrons. The van der Waals surface area contributed by atoms with E-state index in [9.17, 15) is 18.4 Å². The number of alkyl halides is 2. The molecule has 0 spiro atoms. The molecular weight excluding hydrogens is 388 g/mol. The first kappa shape index (κ1) is 21.7.